The Morgan fingerprint density at radius 2 is 1.88 bits per heavy atom. The molecule has 0 saturated carbocycles. The second kappa shape index (κ2) is 5.81. The fraction of sp³-hybridized carbons (Fsp3) is 0.800. The maximum atomic E-state index is 11.5. The fourth-order valence-corrected chi connectivity index (χ4v) is 0.959. The van der Waals surface area contributed by atoms with Crippen molar-refractivity contribution in [1.82, 2.24) is 5.32 Å². The summed E-state index contributed by atoms with van der Waals surface area (Å²) in [4.78, 5) is 21.8. The van der Waals surface area contributed by atoms with Crippen molar-refractivity contribution in [3.63, 3.8) is 0 Å². The standard InChI is InChI=1S/C10H20N2O4/c1-10(2,3)7(11)8(14)12-5-4-6(13)9(15)16/h6-7,13H,4-5,11H2,1-3H3,(H,12,14)(H,15,16)/t6-,7-/m0/s1. The fourth-order valence-electron chi connectivity index (χ4n) is 0.959. The molecule has 0 aliphatic heterocycles. The molecular weight excluding hydrogens is 212 g/mol. The average molecular weight is 232 g/mol. The minimum absolute atomic E-state index is 0.0298. The van der Waals surface area contributed by atoms with E-state index in [2.05, 4.69) is 5.32 Å². The van der Waals surface area contributed by atoms with Crippen LogP contribution in [0.1, 0.15) is 27.2 Å². The quantitative estimate of drug-likeness (QED) is 0.501. The molecule has 0 aliphatic rings. The molecule has 94 valence electrons. The molecule has 0 spiro atoms. The van der Waals surface area contributed by atoms with Gasteiger partial charge in [-0.15, -0.1) is 0 Å². The van der Waals surface area contributed by atoms with Gasteiger partial charge in [-0.1, -0.05) is 20.8 Å². The van der Waals surface area contributed by atoms with Gasteiger partial charge in [0.1, 0.15) is 0 Å². The second-order valence-electron chi connectivity index (χ2n) is 4.78. The third-order valence-electron chi connectivity index (χ3n) is 2.22. The molecule has 16 heavy (non-hydrogen) atoms. The molecule has 2 atom stereocenters. The summed E-state index contributed by atoms with van der Waals surface area (Å²) in [5.41, 5.74) is 5.33. The molecule has 0 aromatic rings. The third kappa shape index (κ3) is 5.09. The molecule has 0 rings (SSSR count). The first-order chi connectivity index (χ1) is 7.16. The van der Waals surface area contributed by atoms with Crippen molar-refractivity contribution in [2.24, 2.45) is 11.1 Å². The molecular formula is C10H20N2O4. The molecule has 6 heteroatoms. The molecule has 0 aromatic heterocycles. The number of aliphatic hydroxyl groups is 1. The molecule has 0 aliphatic carbocycles. The van der Waals surface area contributed by atoms with Gasteiger partial charge in [0.15, 0.2) is 6.10 Å². The summed E-state index contributed by atoms with van der Waals surface area (Å²) in [6, 6.07) is -0.658. The highest BCUT2D eigenvalue weighted by atomic mass is 16.4. The SMILES string of the molecule is CC(C)(C)[C@@H](N)C(=O)NCC[C@H](O)C(=O)O. The van der Waals surface area contributed by atoms with Crippen LogP contribution in [0.2, 0.25) is 0 Å². The number of aliphatic hydroxyl groups excluding tert-OH is 1. The predicted octanol–water partition coefficient (Wildman–Crippen LogP) is -0.688. The number of nitrogens with two attached hydrogens (primary N) is 1. The lowest BCUT2D eigenvalue weighted by Crippen LogP contribution is -2.49. The van der Waals surface area contributed by atoms with Gasteiger partial charge in [-0.2, -0.15) is 0 Å². The average Bonchev–Trinajstić information content (AvgIpc) is 2.14. The van der Waals surface area contributed by atoms with Crippen LogP contribution in [0.25, 0.3) is 0 Å². The van der Waals surface area contributed by atoms with Crippen LogP contribution in [0, 0.1) is 5.41 Å². The lowest BCUT2D eigenvalue weighted by atomic mass is 9.87. The Morgan fingerprint density at radius 1 is 1.38 bits per heavy atom. The maximum Gasteiger partial charge on any atom is 0.332 e. The summed E-state index contributed by atoms with van der Waals surface area (Å²) in [7, 11) is 0. The van der Waals surface area contributed by atoms with E-state index in [1.165, 1.54) is 0 Å². The van der Waals surface area contributed by atoms with E-state index in [1.807, 2.05) is 20.8 Å². The first kappa shape index (κ1) is 14.9. The van der Waals surface area contributed by atoms with Gasteiger partial charge in [0.2, 0.25) is 5.91 Å². The van der Waals surface area contributed by atoms with Crippen molar-refractivity contribution in [3.05, 3.63) is 0 Å². The van der Waals surface area contributed by atoms with E-state index in [4.69, 9.17) is 15.9 Å². The minimum Gasteiger partial charge on any atom is -0.479 e. The van der Waals surface area contributed by atoms with Crippen molar-refractivity contribution in [2.75, 3.05) is 6.54 Å². The monoisotopic (exact) mass is 232 g/mol. The Balaban J connectivity index is 3.96. The Bertz CT molecular complexity index is 260. The van der Waals surface area contributed by atoms with Crippen molar-refractivity contribution < 1.29 is 19.8 Å². The molecule has 5 N–H and O–H groups in total. The summed E-state index contributed by atoms with van der Waals surface area (Å²) in [5, 5.41) is 19.8. The number of hydrogen-bond donors (Lipinski definition) is 4. The number of aliphatic carboxylic acids is 1. The Labute approximate surface area is 94.8 Å². The molecule has 0 saturated heterocycles. The molecule has 0 aromatic carbocycles. The Kier molecular flexibility index (Phi) is 5.40. The minimum atomic E-state index is -1.45. The largest absolute Gasteiger partial charge is 0.479 e. The first-order valence-electron chi connectivity index (χ1n) is 5.10. The van der Waals surface area contributed by atoms with Crippen LogP contribution in [-0.4, -0.2) is 40.8 Å². The van der Waals surface area contributed by atoms with E-state index in [9.17, 15) is 9.59 Å². The number of amides is 1. The van der Waals surface area contributed by atoms with Gasteiger partial charge < -0.3 is 21.3 Å². The van der Waals surface area contributed by atoms with Gasteiger partial charge in [0, 0.05) is 13.0 Å². The molecule has 0 heterocycles. The summed E-state index contributed by atoms with van der Waals surface area (Å²) in [5.74, 6) is -1.64. The highest BCUT2D eigenvalue weighted by molar-refractivity contribution is 5.82. The van der Waals surface area contributed by atoms with Crippen LogP contribution >= 0.6 is 0 Å². The number of carbonyl (C=O) groups is 2. The van der Waals surface area contributed by atoms with E-state index in [1.54, 1.807) is 0 Å². The Morgan fingerprint density at radius 3 is 2.25 bits per heavy atom. The zero-order valence-corrected chi connectivity index (χ0v) is 9.86. The maximum absolute atomic E-state index is 11.5. The normalized spacial score (nSPS) is 15.3. The van der Waals surface area contributed by atoms with Crippen molar-refractivity contribution in [3.8, 4) is 0 Å². The van der Waals surface area contributed by atoms with E-state index in [0.717, 1.165) is 0 Å². The summed E-state index contributed by atoms with van der Waals surface area (Å²) in [6.07, 6.45) is -1.48. The smallest absolute Gasteiger partial charge is 0.332 e. The second-order valence-corrected chi connectivity index (χ2v) is 4.78. The van der Waals surface area contributed by atoms with Crippen LogP contribution < -0.4 is 11.1 Å². The molecule has 0 fully saturated rings. The summed E-state index contributed by atoms with van der Waals surface area (Å²) in [6.45, 7) is 5.60. The van der Waals surface area contributed by atoms with Crippen LogP contribution in [-0.2, 0) is 9.59 Å². The van der Waals surface area contributed by atoms with Crippen molar-refractivity contribution >= 4 is 11.9 Å². The van der Waals surface area contributed by atoms with Gasteiger partial charge >= 0.3 is 5.97 Å². The highest BCUT2D eigenvalue weighted by Crippen LogP contribution is 2.16. The van der Waals surface area contributed by atoms with Crippen LogP contribution in [0.3, 0.4) is 0 Å². The number of hydrogen-bond acceptors (Lipinski definition) is 4. The number of carbonyl (C=O) groups excluding carboxylic acids is 1. The van der Waals surface area contributed by atoms with E-state index >= 15 is 0 Å². The lowest BCUT2D eigenvalue weighted by molar-refractivity contribution is -0.147. The van der Waals surface area contributed by atoms with Crippen molar-refractivity contribution in [2.45, 2.75) is 39.3 Å². The summed E-state index contributed by atoms with van der Waals surface area (Å²) >= 11 is 0. The lowest BCUT2D eigenvalue weighted by Gasteiger charge is -2.25. The number of carboxylic acids is 1. The van der Waals surface area contributed by atoms with Gasteiger partial charge in [-0.05, 0) is 5.41 Å². The molecule has 0 unspecified atom stereocenters. The van der Waals surface area contributed by atoms with E-state index < -0.39 is 18.1 Å². The summed E-state index contributed by atoms with van der Waals surface area (Å²) < 4.78 is 0. The number of nitrogens with one attached hydrogen (secondary N) is 1. The topological polar surface area (TPSA) is 113 Å². The third-order valence-corrected chi connectivity index (χ3v) is 2.22. The first-order valence-corrected chi connectivity index (χ1v) is 5.10. The molecule has 6 nitrogen and oxygen atoms in total. The van der Waals surface area contributed by atoms with E-state index in [-0.39, 0.29) is 24.3 Å². The van der Waals surface area contributed by atoms with Crippen LogP contribution in [0.5, 0.6) is 0 Å². The van der Waals surface area contributed by atoms with Gasteiger partial charge in [-0.25, -0.2) is 4.79 Å². The predicted molar refractivity (Wildman–Crippen MR) is 58.7 cm³/mol. The zero-order chi connectivity index (χ0) is 12.9. The van der Waals surface area contributed by atoms with Gasteiger partial charge in [0.05, 0.1) is 6.04 Å². The zero-order valence-electron chi connectivity index (χ0n) is 9.86. The van der Waals surface area contributed by atoms with E-state index in [0.29, 0.717) is 0 Å². The molecule has 0 bridgehead atoms. The van der Waals surface area contributed by atoms with Gasteiger partial charge in [0.25, 0.3) is 0 Å². The van der Waals surface area contributed by atoms with Gasteiger partial charge in [-0.3, -0.25) is 4.79 Å². The molecule has 1 amide bonds. The van der Waals surface area contributed by atoms with Crippen LogP contribution in [0.15, 0.2) is 0 Å². The number of carboxylic acid groups (broad SMARTS) is 1. The van der Waals surface area contributed by atoms with Crippen molar-refractivity contribution in [1.29, 1.82) is 0 Å². The molecule has 0 radical (unpaired) electrons. The highest BCUT2D eigenvalue weighted by Gasteiger charge is 2.27. The Hall–Kier alpha value is -1.14. The van der Waals surface area contributed by atoms with Crippen LogP contribution in [0.4, 0.5) is 0 Å². The number of rotatable bonds is 5.